The molecule has 1 aromatic rings. The Hall–Kier alpha value is -1.79. The molecule has 0 bridgehead atoms. The summed E-state index contributed by atoms with van der Waals surface area (Å²) < 4.78 is 5.11. The van der Waals surface area contributed by atoms with Crippen molar-refractivity contribution in [3.8, 4) is 5.75 Å². The third kappa shape index (κ3) is 5.61. The summed E-state index contributed by atoms with van der Waals surface area (Å²) in [4.78, 5) is 23.0. The number of anilines is 1. The zero-order chi connectivity index (χ0) is 15.8. The van der Waals surface area contributed by atoms with Gasteiger partial charge in [0, 0.05) is 5.02 Å². The molecule has 0 heterocycles. The van der Waals surface area contributed by atoms with E-state index in [4.69, 9.17) is 16.3 Å². The van der Waals surface area contributed by atoms with E-state index in [1.807, 2.05) is 6.92 Å². The van der Waals surface area contributed by atoms with E-state index in [0.717, 1.165) is 6.42 Å². The highest BCUT2D eigenvalue weighted by molar-refractivity contribution is 6.31. The summed E-state index contributed by atoms with van der Waals surface area (Å²) in [6.45, 7) is 2.55. The molecule has 0 aliphatic rings. The van der Waals surface area contributed by atoms with Crippen LogP contribution in [0.3, 0.4) is 0 Å². The maximum atomic E-state index is 11.9. The lowest BCUT2D eigenvalue weighted by atomic mass is 10.2. The lowest BCUT2D eigenvalue weighted by molar-refractivity contribution is -0.682. The summed E-state index contributed by atoms with van der Waals surface area (Å²) in [5.74, 6) is -1.23. The van der Waals surface area contributed by atoms with Crippen molar-refractivity contribution in [2.75, 3.05) is 19.0 Å². The molecule has 1 atom stereocenters. The zero-order valence-electron chi connectivity index (χ0n) is 12.0. The number of nitrogens with two attached hydrogens (primary N) is 1. The molecular weight excluding hydrogens is 296 g/mol. The van der Waals surface area contributed by atoms with Gasteiger partial charge in [-0.2, -0.15) is 0 Å². The van der Waals surface area contributed by atoms with Gasteiger partial charge in [-0.15, -0.1) is 0 Å². The molecule has 0 aliphatic carbocycles. The number of methoxy groups -OCH3 is 1. The first-order valence-electron chi connectivity index (χ1n) is 6.65. The van der Waals surface area contributed by atoms with Gasteiger partial charge < -0.3 is 25.3 Å². The van der Waals surface area contributed by atoms with Crippen molar-refractivity contribution >= 4 is 29.2 Å². The quantitative estimate of drug-likeness (QED) is 0.693. The highest BCUT2D eigenvalue weighted by atomic mass is 35.5. The van der Waals surface area contributed by atoms with Crippen LogP contribution < -0.4 is 20.5 Å². The molecule has 0 aromatic heterocycles. The predicted molar refractivity (Wildman–Crippen MR) is 77.1 cm³/mol. The number of carboxylic acids is 1. The van der Waals surface area contributed by atoms with Crippen LogP contribution in [-0.2, 0) is 9.59 Å². The third-order valence-corrected chi connectivity index (χ3v) is 3.12. The lowest BCUT2D eigenvalue weighted by Gasteiger charge is -2.16. The van der Waals surface area contributed by atoms with Crippen LogP contribution in [0.25, 0.3) is 0 Å². The maximum Gasteiger partial charge on any atom is 0.230 e. The number of halogens is 1. The van der Waals surface area contributed by atoms with E-state index in [1.165, 1.54) is 7.11 Å². The highest BCUT2D eigenvalue weighted by Gasteiger charge is 2.18. The number of benzene rings is 1. The van der Waals surface area contributed by atoms with Crippen LogP contribution in [0.1, 0.15) is 19.8 Å². The molecule has 3 N–H and O–H groups in total. The molecule has 0 saturated carbocycles. The number of carbonyl (C=O) groups is 2. The highest BCUT2D eigenvalue weighted by Crippen LogP contribution is 2.27. The SMILES string of the molecule is CCC[NH2+][C@@H](CC(=O)Nc1cc(Cl)ccc1OC)C(=O)[O-]. The largest absolute Gasteiger partial charge is 0.544 e. The first-order chi connectivity index (χ1) is 9.97. The van der Waals surface area contributed by atoms with Gasteiger partial charge in [0.1, 0.15) is 11.8 Å². The normalized spacial score (nSPS) is 11.8. The van der Waals surface area contributed by atoms with Crippen molar-refractivity contribution in [2.24, 2.45) is 0 Å². The molecule has 1 amide bonds. The van der Waals surface area contributed by atoms with Crippen molar-refractivity contribution in [3.05, 3.63) is 23.2 Å². The van der Waals surface area contributed by atoms with Crippen LogP contribution in [0.5, 0.6) is 5.75 Å². The van der Waals surface area contributed by atoms with Crippen molar-refractivity contribution < 1.29 is 24.7 Å². The summed E-state index contributed by atoms with van der Waals surface area (Å²) in [6.07, 6.45) is 0.630. The third-order valence-electron chi connectivity index (χ3n) is 2.88. The summed E-state index contributed by atoms with van der Waals surface area (Å²) >= 11 is 5.86. The fourth-order valence-electron chi connectivity index (χ4n) is 1.81. The number of carboxylic acid groups (broad SMARTS) is 1. The van der Waals surface area contributed by atoms with E-state index < -0.39 is 17.9 Å². The molecule has 1 aromatic carbocycles. The number of carbonyl (C=O) groups excluding carboxylic acids is 2. The minimum atomic E-state index is -1.25. The van der Waals surface area contributed by atoms with Gasteiger partial charge >= 0.3 is 0 Å². The van der Waals surface area contributed by atoms with E-state index in [0.29, 0.717) is 23.0 Å². The Labute approximate surface area is 128 Å². The van der Waals surface area contributed by atoms with Crippen molar-refractivity contribution in [3.63, 3.8) is 0 Å². The summed E-state index contributed by atoms with van der Waals surface area (Å²) in [5.41, 5.74) is 0.405. The number of hydrogen-bond acceptors (Lipinski definition) is 4. The Morgan fingerprint density at radius 1 is 1.48 bits per heavy atom. The van der Waals surface area contributed by atoms with E-state index in [2.05, 4.69) is 5.32 Å². The number of quaternary nitrogens is 1. The molecule has 116 valence electrons. The average Bonchev–Trinajstić information content (AvgIpc) is 2.43. The average molecular weight is 315 g/mol. The Kier molecular flexibility index (Phi) is 6.98. The minimum Gasteiger partial charge on any atom is -0.544 e. The molecule has 1 rings (SSSR count). The van der Waals surface area contributed by atoms with Gasteiger partial charge in [0.05, 0.1) is 31.7 Å². The van der Waals surface area contributed by atoms with Crippen LogP contribution in [0.2, 0.25) is 5.02 Å². The number of rotatable bonds is 8. The van der Waals surface area contributed by atoms with Crippen molar-refractivity contribution in [1.82, 2.24) is 0 Å². The maximum absolute atomic E-state index is 11.9. The van der Waals surface area contributed by atoms with Crippen molar-refractivity contribution in [2.45, 2.75) is 25.8 Å². The second kappa shape index (κ2) is 8.49. The summed E-state index contributed by atoms with van der Waals surface area (Å²) in [5, 5.41) is 15.6. The fraction of sp³-hybridized carbons (Fsp3) is 0.429. The van der Waals surface area contributed by atoms with Crippen LogP contribution in [0.15, 0.2) is 18.2 Å². The Morgan fingerprint density at radius 2 is 2.19 bits per heavy atom. The summed E-state index contributed by atoms with van der Waals surface area (Å²) in [6, 6.07) is 3.89. The van der Waals surface area contributed by atoms with E-state index in [9.17, 15) is 14.7 Å². The van der Waals surface area contributed by atoms with Gasteiger partial charge in [-0.05, 0) is 24.6 Å². The smallest absolute Gasteiger partial charge is 0.230 e. The number of aliphatic carboxylic acids is 1. The second-order valence-electron chi connectivity index (χ2n) is 4.55. The zero-order valence-corrected chi connectivity index (χ0v) is 12.8. The number of amides is 1. The number of nitrogens with one attached hydrogen (secondary N) is 1. The van der Waals surface area contributed by atoms with Gasteiger partial charge in [-0.25, -0.2) is 0 Å². The molecule has 6 nitrogen and oxygen atoms in total. The molecule has 7 heteroatoms. The first-order valence-corrected chi connectivity index (χ1v) is 7.03. The van der Waals surface area contributed by atoms with Gasteiger partial charge in [0.2, 0.25) is 5.91 Å². The second-order valence-corrected chi connectivity index (χ2v) is 4.98. The van der Waals surface area contributed by atoms with Gasteiger partial charge in [0.25, 0.3) is 0 Å². The van der Waals surface area contributed by atoms with Gasteiger partial charge in [-0.3, -0.25) is 4.79 Å². The van der Waals surface area contributed by atoms with Gasteiger partial charge in [-0.1, -0.05) is 18.5 Å². The Bertz CT molecular complexity index is 508. The van der Waals surface area contributed by atoms with Crippen LogP contribution in [-0.4, -0.2) is 31.6 Å². The Balaban J connectivity index is 2.71. The van der Waals surface area contributed by atoms with Crippen molar-refractivity contribution in [1.29, 1.82) is 0 Å². The van der Waals surface area contributed by atoms with Gasteiger partial charge in [0.15, 0.2) is 0 Å². The van der Waals surface area contributed by atoms with Crippen LogP contribution in [0.4, 0.5) is 5.69 Å². The van der Waals surface area contributed by atoms with Crippen LogP contribution >= 0.6 is 11.6 Å². The van der Waals surface area contributed by atoms with E-state index in [-0.39, 0.29) is 6.42 Å². The molecule has 0 unspecified atom stereocenters. The Morgan fingerprint density at radius 3 is 2.76 bits per heavy atom. The number of ether oxygens (including phenoxy) is 1. The standard InChI is InChI=1S/C14H19ClN2O4/c1-3-6-16-11(14(19)20)8-13(18)17-10-7-9(15)4-5-12(10)21-2/h4-5,7,11,16H,3,6,8H2,1-2H3,(H,17,18)(H,19,20)/t11-/m0/s1. The van der Waals surface area contributed by atoms with Crippen LogP contribution in [0, 0.1) is 0 Å². The first kappa shape index (κ1) is 17.3. The molecular formula is C14H19ClN2O4. The molecule has 21 heavy (non-hydrogen) atoms. The molecule has 0 radical (unpaired) electrons. The number of hydrogen-bond donors (Lipinski definition) is 2. The topological polar surface area (TPSA) is 95.1 Å². The molecule has 0 spiro atoms. The summed E-state index contributed by atoms with van der Waals surface area (Å²) in [7, 11) is 1.47. The van der Waals surface area contributed by atoms with E-state index in [1.54, 1.807) is 23.5 Å². The molecule has 0 fully saturated rings. The monoisotopic (exact) mass is 314 g/mol. The predicted octanol–water partition coefficient (Wildman–Crippen LogP) is -0.231. The molecule has 0 saturated heterocycles. The lowest BCUT2D eigenvalue weighted by Crippen LogP contribution is -2.93. The fourth-order valence-corrected chi connectivity index (χ4v) is 1.98. The van der Waals surface area contributed by atoms with E-state index >= 15 is 0 Å². The minimum absolute atomic E-state index is 0.183. The molecule has 0 aliphatic heterocycles.